The molecule has 9 heteroatoms. The molecule has 0 unspecified atom stereocenters. The van der Waals surface area contributed by atoms with E-state index in [9.17, 15) is 14.0 Å². The number of halogens is 1. The van der Waals surface area contributed by atoms with Crippen LogP contribution in [-0.4, -0.2) is 62.8 Å². The topological polar surface area (TPSA) is 91.9 Å². The summed E-state index contributed by atoms with van der Waals surface area (Å²) in [5, 5.41) is 7.88. The van der Waals surface area contributed by atoms with Crippen LogP contribution in [0.4, 0.5) is 9.18 Å². The molecule has 1 fully saturated rings. The van der Waals surface area contributed by atoms with E-state index in [0.717, 1.165) is 49.7 Å². The highest BCUT2D eigenvalue weighted by molar-refractivity contribution is 5.83. The fraction of sp³-hybridized carbons (Fsp3) is 0.391. The van der Waals surface area contributed by atoms with Gasteiger partial charge in [0.1, 0.15) is 18.2 Å². The Morgan fingerprint density at radius 3 is 2.50 bits per heavy atom. The minimum Gasteiger partial charge on any atom is -0.492 e. The van der Waals surface area contributed by atoms with Crippen molar-refractivity contribution in [3.05, 3.63) is 65.5 Å². The molecule has 3 rings (SSSR count). The number of ether oxygens (including phenoxy) is 2. The summed E-state index contributed by atoms with van der Waals surface area (Å²) < 4.78 is 24.0. The summed E-state index contributed by atoms with van der Waals surface area (Å²) in [5.74, 6) is 0.115. The Balaban J connectivity index is 1.31. The van der Waals surface area contributed by atoms with Crippen LogP contribution in [0.25, 0.3) is 0 Å². The van der Waals surface area contributed by atoms with Gasteiger partial charge in [0.2, 0.25) is 5.91 Å². The monoisotopic (exact) mass is 444 g/mol. The van der Waals surface area contributed by atoms with Crippen molar-refractivity contribution in [1.29, 1.82) is 0 Å². The van der Waals surface area contributed by atoms with Crippen molar-refractivity contribution in [1.82, 2.24) is 20.9 Å². The first-order chi connectivity index (χ1) is 15.6. The maximum absolute atomic E-state index is 12.9. The highest BCUT2D eigenvalue weighted by Gasteiger charge is 2.10. The third-order valence-electron chi connectivity index (χ3n) is 4.94. The number of benzene rings is 2. The zero-order valence-electron chi connectivity index (χ0n) is 17.9. The van der Waals surface area contributed by atoms with Crippen LogP contribution in [-0.2, 0) is 22.6 Å². The van der Waals surface area contributed by atoms with E-state index >= 15 is 0 Å². The van der Waals surface area contributed by atoms with Gasteiger partial charge in [0.05, 0.1) is 19.8 Å². The van der Waals surface area contributed by atoms with Gasteiger partial charge in [-0.15, -0.1) is 0 Å². The van der Waals surface area contributed by atoms with Crippen molar-refractivity contribution in [3.8, 4) is 5.75 Å². The lowest BCUT2D eigenvalue weighted by molar-refractivity contribution is -0.120. The van der Waals surface area contributed by atoms with Gasteiger partial charge < -0.3 is 25.4 Å². The Morgan fingerprint density at radius 2 is 1.72 bits per heavy atom. The van der Waals surface area contributed by atoms with Gasteiger partial charge in [0.25, 0.3) is 0 Å². The number of carbonyl (C=O) groups excluding carboxylic acids is 2. The molecule has 0 radical (unpaired) electrons. The molecule has 3 N–H and O–H groups in total. The molecule has 32 heavy (non-hydrogen) atoms. The molecule has 3 amide bonds. The van der Waals surface area contributed by atoms with Gasteiger partial charge >= 0.3 is 6.03 Å². The predicted molar refractivity (Wildman–Crippen MR) is 118 cm³/mol. The minimum atomic E-state index is -0.472. The van der Waals surface area contributed by atoms with Gasteiger partial charge in [-0.2, -0.15) is 0 Å². The van der Waals surface area contributed by atoms with Crippen molar-refractivity contribution in [3.63, 3.8) is 0 Å². The average Bonchev–Trinajstić information content (AvgIpc) is 2.82. The van der Waals surface area contributed by atoms with Crippen LogP contribution in [0.5, 0.6) is 5.75 Å². The largest absolute Gasteiger partial charge is 0.492 e. The average molecular weight is 445 g/mol. The van der Waals surface area contributed by atoms with Crippen molar-refractivity contribution in [2.24, 2.45) is 0 Å². The second-order valence-electron chi connectivity index (χ2n) is 7.39. The number of urea groups is 1. The van der Waals surface area contributed by atoms with Gasteiger partial charge in [-0.25, -0.2) is 9.18 Å². The second kappa shape index (κ2) is 12.6. The molecule has 0 spiro atoms. The van der Waals surface area contributed by atoms with Crippen LogP contribution in [0.15, 0.2) is 48.5 Å². The van der Waals surface area contributed by atoms with Gasteiger partial charge in [-0.3, -0.25) is 9.69 Å². The number of hydrogen-bond acceptors (Lipinski definition) is 5. The number of rotatable bonds is 10. The highest BCUT2D eigenvalue weighted by Crippen LogP contribution is 2.13. The van der Waals surface area contributed by atoms with E-state index in [-0.39, 0.29) is 24.8 Å². The van der Waals surface area contributed by atoms with Crippen LogP contribution >= 0.6 is 0 Å². The molecule has 0 bridgehead atoms. The van der Waals surface area contributed by atoms with E-state index in [2.05, 4.69) is 20.9 Å². The van der Waals surface area contributed by atoms with E-state index in [1.54, 1.807) is 12.1 Å². The molecule has 0 saturated carbocycles. The summed E-state index contributed by atoms with van der Waals surface area (Å²) in [5.41, 5.74) is 1.67. The van der Waals surface area contributed by atoms with Crippen molar-refractivity contribution >= 4 is 11.9 Å². The van der Waals surface area contributed by atoms with Crippen LogP contribution in [0, 0.1) is 5.82 Å². The molecule has 1 saturated heterocycles. The first kappa shape index (κ1) is 23.5. The van der Waals surface area contributed by atoms with Crippen LogP contribution < -0.4 is 20.7 Å². The number of carbonyl (C=O) groups is 2. The Bertz CT molecular complexity index is 873. The number of morpholine rings is 1. The second-order valence-corrected chi connectivity index (χ2v) is 7.39. The van der Waals surface area contributed by atoms with Gasteiger partial charge in [0, 0.05) is 32.7 Å². The number of hydrogen-bond donors (Lipinski definition) is 3. The predicted octanol–water partition coefficient (Wildman–Crippen LogP) is 1.65. The molecular weight excluding hydrogens is 415 g/mol. The zero-order valence-corrected chi connectivity index (χ0v) is 17.9. The Labute approximate surface area is 187 Å². The van der Waals surface area contributed by atoms with E-state index in [0.29, 0.717) is 13.2 Å². The van der Waals surface area contributed by atoms with E-state index < -0.39 is 6.03 Å². The molecule has 8 nitrogen and oxygen atoms in total. The lowest BCUT2D eigenvalue weighted by Crippen LogP contribution is -2.41. The summed E-state index contributed by atoms with van der Waals surface area (Å²) in [6, 6.07) is 12.9. The van der Waals surface area contributed by atoms with E-state index in [1.165, 1.54) is 12.1 Å². The van der Waals surface area contributed by atoms with Gasteiger partial charge in [0.15, 0.2) is 0 Å². The number of nitrogens with zero attached hydrogens (tertiary/aromatic N) is 1. The molecule has 172 valence electrons. The van der Waals surface area contributed by atoms with Crippen LogP contribution in [0.3, 0.4) is 0 Å². The molecule has 0 atom stereocenters. The summed E-state index contributed by atoms with van der Waals surface area (Å²) in [7, 11) is 0. The molecule has 0 aromatic heterocycles. The van der Waals surface area contributed by atoms with Gasteiger partial charge in [-0.05, 0) is 35.4 Å². The minimum absolute atomic E-state index is 0.148. The molecule has 1 aliphatic heterocycles. The van der Waals surface area contributed by atoms with Crippen molar-refractivity contribution in [2.75, 3.05) is 46.0 Å². The SMILES string of the molecule is O=C(CNC(=O)NCc1ccc(F)cc1)NCc1cccc(OCCN2CCOCC2)c1. The first-order valence-electron chi connectivity index (χ1n) is 10.6. The third-order valence-corrected chi connectivity index (χ3v) is 4.94. The quantitative estimate of drug-likeness (QED) is 0.518. The third kappa shape index (κ3) is 8.52. The summed E-state index contributed by atoms with van der Waals surface area (Å²) in [4.78, 5) is 26.1. The zero-order chi connectivity index (χ0) is 22.6. The Hall–Kier alpha value is -3.17. The Kier molecular flexibility index (Phi) is 9.27. The molecule has 0 aliphatic carbocycles. The molecule has 1 heterocycles. The highest BCUT2D eigenvalue weighted by atomic mass is 19.1. The van der Waals surface area contributed by atoms with Crippen molar-refractivity contribution < 1.29 is 23.5 Å². The van der Waals surface area contributed by atoms with Crippen molar-refractivity contribution in [2.45, 2.75) is 13.1 Å². The lowest BCUT2D eigenvalue weighted by atomic mass is 10.2. The molecule has 2 aromatic carbocycles. The lowest BCUT2D eigenvalue weighted by Gasteiger charge is -2.26. The van der Waals surface area contributed by atoms with Crippen LogP contribution in [0.1, 0.15) is 11.1 Å². The number of amides is 3. The summed E-state index contributed by atoms with van der Waals surface area (Å²) in [6.07, 6.45) is 0. The van der Waals surface area contributed by atoms with Crippen LogP contribution in [0.2, 0.25) is 0 Å². The molecule has 1 aliphatic rings. The Morgan fingerprint density at radius 1 is 0.969 bits per heavy atom. The normalized spacial score (nSPS) is 13.9. The smallest absolute Gasteiger partial charge is 0.315 e. The fourth-order valence-corrected chi connectivity index (χ4v) is 3.13. The standard InChI is InChI=1S/C23H29FN4O4/c24-20-6-4-18(5-7-20)15-26-23(30)27-17-22(29)25-16-19-2-1-3-21(14-19)32-13-10-28-8-11-31-12-9-28/h1-7,14H,8-13,15-17H2,(H,25,29)(H2,26,27,30). The first-order valence-corrected chi connectivity index (χ1v) is 10.6. The summed E-state index contributed by atoms with van der Waals surface area (Å²) >= 11 is 0. The summed E-state index contributed by atoms with van der Waals surface area (Å²) in [6.45, 7) is 5.24. The van der Waals surface area contributed by atoms with E-state index in [4.69, 9.17) is 9.47 Å². The van der Waals surface area contributed by atoms with E-state index in [1.807, 2.05) is 24.3 Å². The molecular formula is C23H29FN4O4. The van der Waals surface area contributed by atoms with Gasteiger partial charge in [-0.1, -0.05) is 24.3 Å². The molecule has 2 aromatic rings. The maximum atomic E-state index is 12.9. The fourth-order valence-electron chi connectivity index (χ4n) is 3.13. The number of nitrogens with one attached hydrogen (secondary N) is 3. The maximum Gasteiger partial charge on any atom is 0.315 e.